The highest BCUT2D eigenvalue weighted by Crippen LogP contribution is 2.35. The van der Waals surface area contributed by atoms with E-state index >= 15 is 0 Å². The first kappa shape index (κ1) is 32.2. The van der Waals surface area contributed by atoms with Gasteiger partial charge in [-0.2, -0.15) is 0 Å². The molecule has 2 heterocycles. The van der Waals surface area contributed by atoms with Crippen molar-refractivity contribution in [3.63, 3.8) is 0 Å². The standard InChI is InChI=1S/C40H41ClN6O2/c1-48-34-12-10-29(11-13-34)44-31-24-30(25-33(26-31)47-21-19-46(20-22-47)32-7-4-3-5-8-32)42-17-6-18-43-40-36-15-9-28(41)23-39(36)45-38-16-14-35(49-2)27-37(38)40/h3-5,7-16,23-27,42,44H,6,17-22H2,1-2H3,(H,43,45). The molecule has 0 saturated carbocycles. The number of nitrogens with zero attached hydrogens (tertiary/aromatic N) is 3. The number of halogens is 1. The topological polar surface area (TPSA) is 73.9 Å². The zero-order chi connectivity index (χ0) is 33.6. The van der Waals surface area contributed by atoms with Crippen LogP contribution in [0.4, 0.5) is 34.1 Å². The molecule has 5 aromatic carbocycles. The van der Waals surface area contributed by atoms with Crippen LogP contribution in [0.5, 0.6) is 11.5 Å². The van der Waals surface area contributed by atoms with Crippen molar-refractivity contribution in [3.8, 4) is 11.5 Å². The lowest BCUT2D eigenvalue weighted by molar-refractivity contribution is 0.415. The SMILES string of the molecule is COc1ccc(Nc2cc(NCCCNc3c4ccc(Cl)cc4nc4ccc(OC)cc34)cc(N3CCN(c4ccccc4)CC3)c2)cc1. The van der Waals surface area contributed by atoms with Gasteiger partial charge in [0.2, 0.25) is 0 Å². The molecule has 250 valence electrons. The number of anilines is 6. The second-order valence-electron chi connectivity index (χ2n) is 12.2. The molecule has 9 heteroatoms. The van der Waals surface area contributed by atoms with Gasteiger partial charge in [0.25, 0.3) is 0 Å². The van der Waals surface area contributed by atoms with Crippen molar-refractivity contribution >= 4 is 67.5 Å². The minimum Gasteiger partial charge on any atom is -0.497 e. The maximum atomic E-state index is 6.33. The molecule has 1 aliphatic rings. The minimum absolute atomic E-state index is 0.671. The summed E-state index contributed by atoms with van der Waals surface area (Å²) in [5.41, 5.74) is 8.42. The number of rotatable bonds is 12. The first-order valence-corrected chi connectivity index (χ1v) is 17.1. The third-order valence-corrected chi connectivity index (χ3v) is 9.23. The number of ether oxygens (including phenoxy) is 2. The molecule has 1 aromatic heterocycles. The number of hydrogen-bond acceptors (Lipinski definition) is 8. The molecule has 3 N–H and O–H groups in total. The molecule has 0 bridgehead atoms. The van der Waals surface area contributed by atoms with E-state index in [1.54, 1.807) is 14.2 Å². The quantitative estimate of drug-likeness (QED) is 0.0879. The number of methoxy groups -OCH3 is 2. The number of pyridine rings is 1. The number of aromatic nitrogens is 1. The monoisotopic (exact) mass is 672 g/mol. The van der Waals surface area contributed by atoms with Gasteiger partial charge in [0.15, 0.2) is 0 Å². The van der Waals surface area contributed by atoms with E-state index in [0.29, 0.717) is 5.02 Å². The number of nitrogens with one attached hydrogen (secondary N) is 3. The highest BCUT2D eigenvalue weighted by atomic mass is 35.5. The summed E-state index contributed by atoms with van der Waals surface area (Å²) >= 11 is 6.33. The van der Waals surface area contributed by atoms with Gasteiger partial charge in [0, 0.05) is 83.5 Å². The fraction of sp³-hybridized carbons (Fsp3) is 0.225. The highest BCUT2D eigenvalue weighted by Gasteiger charge is 2.19. The van der Waals surface area contributed by atoms with E-state index in [1.165, 1.54) is 11.4 Å². The molecule has 8 nitrogen and oxygen atoms in total. The van der Waals surface area contributed by atoms with E-state index in [-0.39, 0.29) is 0 Å². The van der Waals surface area contributed by atoms with Gasteiger partial charge in [-0.25, -0.2) is 4.98 Å². The summed E-state index contributed by atoms with van der Waals surface area (Å²) in [7, 11) is 3.37. The molecule has 0 unspecified atom stereocenters. The van der Waals surface area contributed by atoms with Crippen LogP contribution in [0.3, 0.4) is 0 Å². The molecule has 49 heavy (non-hydrogen) atoms. The van der Waals surface area contributed by atoms with Gasteiger partial charge >= 0.3 is 0 Å². The number of fused-ring (bicyclic) bond motifs is 2. The summed E-state index contributed by atoms with van der Waals surface area (Å²) < 4.78 is 10.9. The van der Waals surface area contributed by atoms with Crippen LogP contribution in [0, 0.1) is 0 Å². The molecule has 0 atom stereocenters. The lowest BCUT2D eigenvalue weighted by atomic mass is 10.1. The predicted molar refractivity (Wildman–Crippen MR) is 206 cm³/mol. The van der Waals surface area contributed by atoms with Crippen LogP contribution in [0.15, 0.2) is 109 Å². The number of piperazine rings is 1. The number of hydrogen-bond donors (Lipinski definition) is 3. The van der Waals surface area contributed by atoms with E-state index in [4.69, 9.17) is 26.1 Å². The molecule has 0 spiro atoms. The van der Waals surface area contributed by atoms with Gasteiger partial charge in [-0.3, -0.25) is 0 Å². The number of benzene rings is 5. The Morgan fingerprint density at radius 1 is 0.612 bits per heavy atom. The average molecular weight is 673 g/mol. The average Bonchev–Trinajstić information content (AvgIpc) is 3.14. The van der Waals surface area contributed by atoms with E-state index in [1.807, 2.05) is 60.7 Å². The van der Waals surface area contributed by atoms with Gasteiger partial charge in [-0.1, -0.05) is 29.8 Å². The van der Waals surface area contributed by atoms with Crippen molar-refractivity contribution in [1.82, 2.24) is 4.98 Å². The first-order chi connectivity index (χ1) is 24.1. The van der Waals surface area contributed by atoms with Crippen LogP contribution >= 0.6 is 11.6 Å². The van der Waals surface area contributed by atoms with Gasteiger partial charge < -0.3 is 35.2 Å². The molecule has 0 aliphatic carbocycles. The normalized spacial score (nSPS) is 13.0. The van der Waals surface area contributed by atoms with Crippen molar-refractivity contribution in [2.45, 2.75) is 6.42 Å². The van der Waals surface area contributed by atoms with Crippen molar-refractivity contribution < 1.29 is 9.47 Å². The number of para-hydroxylation sites is 1. The molecule has 1 fully saturated rings. The van der Waals surface area contributed by atoms with Crippen molar-refractivity contribution in [1.29, 1.82) is 0 Å². The summed E-state index contributed by atoms with van der Waals surface area (Å²) in [6.07, 6.45) is 0.907. The third kappa shape index (κ3) is 7.55. The zero-order valence-corrected chi connectivity index (χ0v) is 28.6. The molecule has 0 radical (unpaired) electrons. The smallest absolute Gasteiger partial charge is 0.119 e. The van der Waals surface area contributed by atoms with Crippen LogP contribution in [-0.4, -0.2) is 58.5 Å². The Labute approximate surface area is 292 Å². The van der Waals surface area contributed by atoms with Gasteiger partial charge in [-0.05, 0) is 97.4 Å². The molecule has 1 aliphatic heterocycles. The highest BCUT2D eigenvalue weighted by molar-refractivity contribution is 6.31. The predicted octanol–water partition coefficient (Wildman–Crippen LogP) is 9.04. The van der Waals surface area contributed by atoms with Crippen LogP contribution in [0.25, 0.3) is 21.8 Å². The fourth-order valence-electron chi connectivity index (χ4n) is 6.42. The molecular weight excluding hydrogens is 632 g/mol. The molecule has 6 aromatic rings. The van der Waals surface area contributed by atoms with Crippen LogP contribution in [0.1, 0.15) is 6.42 Å². The van der Waals surface area contributed by atoms with E-state index in [0.717, 1.165) is 102 Å². The van der Waals surface area contributed by atoms with Gasteiger partial charge in [-0.15, -0.1) is 0 Å². The summed E-state index contributed by atoms with van der Waals surface area (Å²) in [4.78, 5) is 9.80. The molecule has 0 amide bonds. The summed E-state index contributed by atoms with van der Waals surface area (Å²) in [6.45, 7) is 5.44. The van der Waals surface area contributed by atoms with Crippen LogP contribution in [0.2, 0.25) is 5.02 Å². The van der Waals surface area contributed by atoms with E-state index in [2.05, 4.69) is 74.3 Å². The Morgan fingerprint density at radius 3 is 2.06 bits per heavy atom. The van der Waals surface area contributed by atoms with Gasteiger partial charge in [0.1, 0.15) is 11.5 Å². The Balaban J connectivity index is 1.06. The maximum Gasteiger partial charge on any atom is 0.119 e. The molecule has 7 rings (SSSR count). The second-order valence-corrected chi connectivity index (χ2v) is 12.6. The maximum absolute atomic E-state index is 6.33. The molecular formula is C40H41ClN6O2. The van der Waals surface area contributed by atoms with E-state index < -0.39 is 0 Å². The van der Waals surface area contributed by atoms with Crippen LogP contribution in [-0.2, 0) is 0 Å². The fourth-order valence-corrected chi connectivity index (χ4v) is 6.59. The first-order valence-electron chi connectivity index (χ1n) is 16.7. The second kappa shape index (κ2) is 14.8. The Morgan fingerprint density at radius 2 is 1.31 bits per heavy atom. The lowest BCUT2D eigenvalue weighted by Crippen LogP contribution is -2.46. The van der Waals surface area contributed by atoms with E-state index in [9.17, 15) is 0 Å². The summed E-state index contributed by atoms with van der Waals surface area (Å²) in [6, 6.07) is 37.2. The Bertz CT molecular complexity index is 2030. The summed E-state index contributed by atoms with van der Waals surface area (Å²) in [5, 5.41) is 13.7. The van der Waals surface area contributed by atoms with Crippen molar-refractivity contribution in [3.05, 3.63) is 114 Å². The Hall–Kier alpha value is -5.34. The minimum atomic E-state index is 0.671. The summed E-state index contributed by atoms with van der Waals surface area (Å²) in [5.74, 6) is 1.63. The van der Waals surface area contributed by atoms with Crippen LogP contribution < -0.4 is 35.2 Å². The zero-order valence-electron chi connectivity index (χ0n) is 27.9. The van der Waals surface area contributed by atoms with Gasteiger partial charge in [0.05, 0.1) is 30.9 Å². The lowest BCUT2D eigenvalue weighted by Gasteiger charge is -2.37. The third-order valence-electron chi connectivity index (χ3n) is 8.99. The molecule has 1 saturated heterocycles. The van der Waals surface area contributed by atoms with Crippen molar-refractivity contribution in [2.24, 2.45) is 0 Å². The Kier molecular flexibility index (Phi) is 9.75. The largest absolute Gasteiger partial charge is 0.497 e. The van der Waals surface area contributed by atoms with Crippen molar-refractivity contribution in [2.75, 3.05) is 79.2 Å².